The second-order valence-electron chi connectivity index (χ2n) is 6.62. The number of nitrogens with one attached hydrogen (secondary N) is 1. The number of anilines is 1. The van der Waals surface area contributed by atoms with Gasteiger partial charge < -0.3 is 10.2 Å². The average molecular weight is 335 g/mol. The number of rotatable bonds is 7. The lowest BCUT2D eigenvalue weighted by Gasteiger charge is -2.39. The van der Waals surface area contributed by atoms with Crippen LogP contribution in [0.2, 0.25) is 0 Å². The van der Waals surface area contributed by atoms with Gasteiger partial charge in [-0.15, -0.1) is 0 Å². The van der Waals surface area contributed by atoms with Crippen molar-refractivity contribution in [3.8, 4) is 0 Å². The van der Waals surface area contributed by atoms with Crippen molar-refractivity contribution in [1.29, 1.82) is 0 Å². The molecule has 5 heteroatoms. The Bertz CT molecular complexity index is 682. The minimum absolute atomic E-state index is 0.334. The van der Waals surface area contributed by atoms with Crippen LogP contribution in [-0.2, 0) is 6.42 Å². The molecule has 0 spiro atoms. The quantitative estimate of drug-likeness (QED) is 0.465. The van der Waals surface area contributed by atoms with Gasteiger partial charge in [-0.2, -0.15) is 0 Å². The molecule has 1 saturated heterocycles. The van der Waals surface area contributed by atoms with Crippen LogP contribution >= 0.6 is 0 Å². The predicted molar refractivity (Wildman–Crippen MR) is 103 cm³/mol. The second-order valence-corrected chi connectivity index (χ2v) is 6.62. The molecule has 25 heavy (non-hydrogen) atoms. The summed E-state index contributed by atoms with van der Waals surface area (Å²) in [4.78, 5) is 5.46. The summed E-state index contributed by atoms with van der Waals surface area (Å²) in [6.45, 7) is 3.64. The van der Waals surface area contributed by atoms with Crippen molar-refractivity contribution in [2.75, 3.05) is 31.5 Å². The Hall–Kier alpha value is -2.49. The summed E-state index contributed by atoms with van der Waals surface area (Å²) in [6, 6.07) is 21.2. The van der Waals surface area contributed by atoms with Crippen molar-refractivity contribution < 1.29 is 0 Å². The van der Waals surface area contributed by atoms with Gasteiger partial charge in [0.2, 0.25) is 0 Å². The first-order chi connectivity index (χ1) is 12.3. The van der Waals surface area contributed by atoms with Crippen molar-refractivity contribution in [2.45, 2.75) is 18.9 Å². The smallest absolute Gasteiger partial charge is 0.0342 e. The number of piperidine rings is 1. The minimum Gasteiger partial charge on any atom is -0.382 e. The highest BCUT2D eigenvalue weighted by atomic mass is 15.2. The molecule has 1 heterocycles. The Labute approximate surface area is 149 Å². The number of nitrogens with zero attached hydrogens (tertiary/aromatic N) is 4. The van der Waals surface area contributed by atoms with Gasteiger partial charge in [0.15, 0.2) is 0 Å². The molecule has 2 aromatic carbocycles. The van der Waals surface area contributed by atoms with Gasteiger partial charge in [-0.3, -0.25) is 0 Å². The third-order valence-electron chi connectivity index (χ3n) is 4.88. The molecule has 2 atom stereocenters. The van der Waals surface area contributed by atoms with Crippen molar-refractivity contribution in [3.63, 3.8) is 0 Å². The molecule has 2 aromatic rings. The SMILES string of the molecule is [N-]=[N+]=NCC1CN(CCc2ccccc2)CCC1Nc1ccccc1. The molecule has 1 N–H and O–H groups in total. The third kappa shape index (κ3) is 5.24. The lowest BCUT2D eigenvalue weighted by atomic mass is 9.91. The zero-order chi connectivity index (χ0) is 17.3. The van der Waals surface area contributed by atoms with Crippen LogP contribution in [0.3, 0.4) is 0 Å². The molecule has 2 unspecified atom stereocenters. The Kier molecular flexibility index (Phi) is 6.32. The van der Waals surface area contributed by atoms with Gasteiger partial charge in [0.1, 0.15) is 0 Å². The van der Waals surface area contributed by atoms with Gasteiger partial charge in [0.25, 0.3) is 0 Å². The summed E-state index contributed by atoms with van der Waals surface area (Å²) in [6.07, 6.45) is 2.13. The first-order valence-electron chi connectivity index (χ1n) is 8.94. The van der Waals surface area contributed by atoms with E-state index in [0.29, 0.717) is 18.5 Å². The Morgan fingerprint density at radius 3 is 2.52 bits per heavy atom. The molecule has 1 aliphatic rings. The normalized spacial score (nSPS) is 20.6. The zero-order valence-corrected chi connectivity index (χ0v) is 14.5. The summed E-state index contributed by atoms with van der Waals surface area (Å²) in [5.74, 6) is 0.334. The van der Waals surface area contributed by atoms with E-state index < -0.39 is 0 Å². The molecule has 0 amide bonds. The van der Waals surface area contributed by atoms with Crippen LogP contribution < -0.4 is 5.32 Å². The second kappa shape index (κ2) is 9.11. The fraction of sp³-hybridized carbons (Fsp3) is 0.400. The molecular formula is C20H25N5. The van der Waals surface area contributed by atoms with Gasteiger partial charge in [0.05, 0.1) is 0 Å². The van der Waals surface area contributed by atoms with Gasteiger partial charge in [0, 0.05) is 42.8 Å². The predicted octanol–water partition coefficient (Wildman–Crippen LogP) is 4.34. The lowest BCUT2D eigenvalue weighted by Crippen LogP contribution is -2.48. The maximum atomic E-state index is 8.72. The summed E-state index contributed by atoms with van der Waals surface area (Å²) >= 11 is 0. The first-order valence-corrected chi connectivity index (χ1v) is 8.94. The number of hydrogen-bond acceptors (Lipinski definition) is 3. The van der Waals surface area contributed by atoms with E-state index in [1.807, 2.05) is 18.2 Å². The maximum Gasteiger partial charge on any atom is 0.0342 e. The van der Waals surface area contributed by atoms with Gasteiger partial charge >= 0.3 is 0 Å². The van der Waals surface area contributed by atoms with Crippen molar-refractivity contribution in [2.24, 2.45) is 11.0 Å². The van der Waals surface area contributed by atoms with Crippen LogP contribution in [0.15, 0.2) is 65.8 Å². The van der Waals surface area contributed by atoms with E-state index >= 15 is 0 Å². The van der Waals surface area contributed by atoms with Crippen molar-refractivity contribution >= 4 is 5.69 Å². The van der Waals surface area contributed by atoms with E-state index in [1.165, 1.54) is 5.56 Å². The van der Waals surface area contributed by atoms with Gasteiger partial charge in [-0.05, 0) is 42.0 Å². The van der Waals surface area contributed by atoms with E-state index in [9.17, 15) is 0 Å². The number of likely N-dealkylation sites (tertiary alicyclic amines) is 1. The minimum atomic E-state index is 0.334. The monoisotopic (exact) mass is 335 g/mol. The first kappa shape index (κ1) is 17.3. The number of hydrogen-bond donors (Lipinski definition) is 1. The highest BCUT2D eigenvalue weighted by Crippen LogP contribution is 2.22. The Morgan fingerprint density at radius 2 is 1.80 bits per heavy atom. The Morgan fingerprint density at radius 1 is 1.08 bits per heavy atom. The van der Waals surface area contributed by atoms with Crippen LogP contribution in [0.5, 0.6) is 0 Å². The molecular weight excluding hydrogens is 310 g/mol. The molecule has 0 bridgehead atoms. The van der Waals surface area contributed by atoms with Crippen LogP contribution in [0, 0.1) is 5.92 Å². The molecule has 3 rings (SSSR count). The molecule has 130 valence electrons. The highest BCUT2D eigenvalue weighted by Gasteiger charge is 2.28. The summed E-state index contributed by atoms with van der Waals surface area (Å²) < 4.78 is 0. The zero-order valence-electron chi connectivity index (χ0n) is 14.5. The Balaban J connectivity index is 1.58. The van der Waals surface area contributed by atoms with E-state index in [-0.39, 0.29) is 0 Å². The van der Waals surface area contributed by atoms with E-state index in [0.717, 1.165) is 38.2 Å². The van der Waals surface area contributed by atoms with Crippen LogP contribution in [0.25, 0.3) is 10.4 Å². The van der Waals surface area contributed by atoms with Gasteiger partial charge in [-0.25, -0.2) is 0 Å². The van der Waals surface area contributed by atoms with E-state index in [2.05, 4.69) is 62.7 Å². The number of azide groups is 1. The van der Waals surface area contributed by atoms with Gasteiger partial charge in [-0.1, -0.05) is 53.6 Å². The highest BCUT2D eigenvalue weighted by molar-refractivity contribution is 5.43. The van der Waals surface area contributed by atoms with Crippen LogP contribution in [0.4, 0.5) is 5.69 Å². The van der Waals surface area contributed by atoms with Crippen molar-refractivity contribution in [3.05, 3.63) is 76.7 Å². The summed E-state index contributed by atoms with van der Waals surface area (Å²) in [5, 5.41) is 7.48. The standard InChI is InChI=1S/C20H25N5/c21-24-22-15-18-16-25(13-11-17-7-3-1-4-8-17)14-12-20(18)23-19-9-5-2-6-10-19/h1-10,18,20,23H,11-16H2. The molecule has 0 radical (unpaired) electrons. The van der Waals surface area contributed by atoms with E-state index in [1.54, 1.807) is 0 Å². The average Bonchev–Trinajstić information content (AvgIpc) is 2.67. The fourth-order valence-corrected chi connectivity index (χ4v) is 3.51. The molecule has 0 aromatic heterocycles. The molecule has 0 saturated carbocycles. The van der Waals surface area contributed by atoms with Crippen molar-refractivity contribution in [1.82, 2.24) is 4.90 Å². The number of para-hydroxylation sites is 1. The molecule has 0 aliphatic carbocycles. The summed E-state index contributed by atoms with van der Waals surface area (Å²) in [5.41, 5.74) is 11.2. The molecule has 5 nitrogen and oxygen atoms in total. The molecule has 1 aliphatic heterocycles. The largest absolute Gasteiger partial charge is 0.382 e. The topological polar surface area (TPSA) is 64.0 Å². The summed E-state index contributed by atoms with van der Waals surface area (Å²) in [7, 11) is 0. The molecule has 1 fully saturated rings. The maximum absolute atomic E-state index is 8.72. The number of benzene rings is 2. The third-order valence-corrected chi connectivity index (χ3v) is 4.88. The fourth-order valence-electron chi connectivity index (χ4n) is 3.51. The van der Waals surface area contributed by atoms with Crippen LogP contribution in [-0.4, -0.2) is 37.1 Å². The lowest BCUT2D eigenvalue weighted by molar-refractivity contribution is 0.167. The van der Waals surface area contributed by atoms with E-state index in [4.69, 9.17) is 5.53 Å². The van der Waals surface area contributed by atoms with Crippen LogP contribution in [0.1, 0.15) is 12.0 Å².